The van der Waals surface area contributed by atoms with Crippen LogP contribution < -0.4 is 0 Å². The molecule has 4 heterocycles. The van der Waals surface area contributed by atoms with Crippen LogP contribution in [0.2, 0.25) is 0 Å². The summed E-state index contributed by atoms with van der Waals surface area (Å²) in [5.41, 5.74) is 1.99. The Labute approximate surface area is 222 Å². The summed E-state index contributed by atoms with van der Waals surface area (Å²) >= 11 is 5.00. The van der Waals surface area contributed by atoms with Crippen LogP contribution >= 0.6 is 27.7 Å². The van der Waals surface area contributed by atoms with Gasteiger partial charge < -0.3 is 14.6 Å². The van der Waals surface area contributed by atoms with Gasteiger partial charge in [-0.1, -0.05) is 45.9 Å². The molecule has 1 unspecified atom stereocenters. The zero-order chi connectivity index (χ0) is 25.2. The molecule has 0 saturated carbocycles. The Hall–Kier alpha value is -2.21. The van der Waals surface area contributed by atoms with Crippen LogP contribution in [-0.4, -0.2) is 89.1 Å². The van der Waals surface area contributed by atoms with E-state index in [9.17, 15) is 14.7 Å². The molecule has 4 aliphatic heterocycles. The van der Waals surface area contributed by atoms with Gasteiger partial charge >= 0.3 is 11.9 Å². The molecule has 0 aromatic heterocycles. The first-order valence-electron chi connectivity index (χ1n) is 12.0. The predicted octanol–water partition coefficient (Wildman–Crippen LogP) is 3.32. The number of carboxylic acid groups (broad SMARTS) is 1. The largest absolute Gasteiger partial charge is 0.481 e. The van der Waals surface area contributed by atoms with Gasteiger partial charge in [0.25, 0.3) is 0 Å². The molecule has 1 N–H and O–H groups in total. The number of carbonyl (C=O) groups is 2. The van der Waals surface area contributed by atoms with Crippen molar-refractivity contribution >= 4 is 51.1 Å². The summed E-state index contributed by atoms with van der Waals surface area (Å²) in [4.78, 5) is 37.9. The maximum absolute atomic E-state index is 12.7. The number of hydrogen-bond acceptors (Lipinski definition) is 9. The SMILES string of the molecule is COC(=O)[C@@H]1SC(N2C=NCC=C2CN2[C@@H]3COC[C@H]2CC(CC(=O)O)C3)=N[C@@H]1c1ccccc1Br. The molecule has 0 amide bonds. The van der Waals surface area contributed by atoms with Gasteiger partial charge in [-0.25, -0.2) is 0 Å². The van der Waals surface area contributed by atoms with E-state index in [2.05, 4.69) is 31.9 Å². The van der Waals surface area contributed by atoms with Crippen molar-refractivity contribution in [3.05, 3.63) is 46.1 Å². The van der Waals surface area contributed by atoms with E-state index < -0.39 is 11.2 Å². The topological polar surface area (TPSA) is 104 Å². The highest BCUT2D eigenvalue weighted by Gasteiger charge is 2.43. The molecule has 2 saturated heterocycles. The molecule has 5 atom stereocenters. The highest BCUT2D eigenvalue weighted by molar-refractivity contribution is 9.10. The number of rotatable bonds is 6. The number of piperidine rings is 1. The fraction of sp³-hybridized carbons (Fsp3) is 0.520. The van der Waals surface area contributed by atoms with Crippen LogP contribution in [0, 0.1) is 5.92 Å². The Morgan fingerprint density at radius 3 is 2.69 bits per heavy atom. The Kier molecular flexibility index (Phi) is 7.80. The first-order valence-corrected chi connectivity index (χ1v) is 13.7. The quantitative estimate of drug-likeness (QED) is 0.514. The van der Waals surface area contributed by atoms with Gasteiger partial charge in [-0.3, -0.25) is 29.4 Å². The summed E-state index contributed by atoms with van der Waals surface area (Å²) in [6, 6.07) is 7.77. The molecule has 1 aromatic carbocycles. The number of benzene rings is 1. The van der Waals surface area contributed by atoms with Gasteiger partial charge in [0.05, 0.1) is 33.2 Å². The lowest BCUT2D eigenvalue weighted by Crippen LogP contribution is -2.58. The second-order valence-electron chi connectivity index (χ2n) is 9.44. The molecule has 36 heavy (non-hydrogen) atoms. The van der Waals surface area contributed by atoms with Crippen molar-refractivity contribution < 1.29 is 24.2 Å². The average Bonchev–Trinajstić information content (AvgIpc) is 3.29. The minimum absolute atomic E-state index is 0.177. The predicted molar refractivity (Wildman–Crippen MR) is 141 cm³/mol. The number of ether oxygens (including phenoxy) is 2. The lowest BCUT2D eigenvalue weighted by atomic mass is 9.83. The number of aliphatic imine (C=N–C) groups is 2. The number of methoxy groups -OCH3 is 1. The standard InChI is InChI=1S/C25H29BrN4O5S/c1-34-24(33)23-22(19-4-2-3-5-20(19)26)28-25(36-23)30-14-27-7-6-16(30)11-29-17-8-15(10-21(31)32)9-18(29)13-35-12-17/h2-6,14-15,17-18,22-23H,7-13H2,1H3,(H,31,32)/t15?,17-,18+,22-,23-/m1/s1. The van der Waals surface area contributed by atoms with Crippen LogP contribution in [0.3, 0.4) is 0 Å². The maximum Gasteiger partial charge on any atom is 0.321 e. The zero-order valence-corrected chi connectivity index (χ0v) is 22.4. The number of carbonyl (C=O) groups excluding carboxylic acids is 1. The van der Waals surface area contributed by atoms with Crippen LogP contribution in [0.15, 0.2) is 50.5 Å². The molecular weight excluding hydrogens is 548 g/mol. The minimum atomic E-state index is -0.735. The number of morpholine rings is 1. The van der Waals surface area contributed by atoms with Gasteiger partial charge in [0.1, 0.15) is 11.3 Å². The highest BCUT2D eigenvalue weighted by Crippen LogP contribution is 2.43. The van der Waals surface area contributed by atoms with Crippen LogP contribution in [0.25, 0.3) is 0 Å². The van der Waals surface area contributed by atoms with Gasteiger partial charge in [0.15, 0.2) is 5.17 Å². The van der Waals surface area contributed by atoms with Crippen molar-refractivity contribution in [1.82, 2.24) is 9.80 Å². The molecule has 11 heteroatoms. The summed E-state index contributed by atoms with van der Waals surface area (Å²) in [5, 5.41) is 9.50. The first kappa shape index (κ1) is 25.4. The summed E-state index contributed by atoms with van der Waals surface area (Å²) < 4.78 is 11.8. The number of fused-ring (bicyclic) bond motifs is 2. The number of amidine groups is 1. The summed E-state index contributed by atoms with van der Waals surface area (Å²) in [5.74, 6) is -0.872. The van der Waals surface area contributed by atoms with Crippen LogP contribution in [0.4, 0.5) is 0 Å². The monoisotopic (exact) mass is 576 g/mol. The van der Waals surface area contributed by atoms with Crippen molar-refractivity contribution in [3.63, 3.8) is 0 Å². The number of nitrogens with zero attached hydrogens (tertiary/aromatic N) is 4. The lowest BCUT2D eigenvalue weighted by Gasteiger charge is -2.49. The Balaban J connectivity index is 1.37. The summed E-state index contributed by atoms with van der Waals surface area (Å²) in [6.07, 6.45) is 5.73. The van der Waals surface area contributed by atoms with E-state index in [1.165, 1.54) is 18.9 Å². The van der Waals surface area contributed by atoms with E-state index in [-0.39, 0.29) is 36.4 Å². The minimum Gasteiger partial charge on any atom is -0.481 e. The van der Waals surface area contributed by atoms with E-state index >= 15 is 0 Å². The molecule has 1 aromatic rings. The molecule has 0 aliphatic carbocycles. The number of esters is 1. The smallest absolute Gasteiger partial charge is 0.321 e. The third-order valence-electron chi connectivity index (χ3n) is 7.15. The van der Waals surface area contributed by atoms with E-state index in [4.69, 9.17) is 14.5 Å². The van der Waals surface area contributed by atoms with Crippen molar-refractivity contribution in [2.75, 3.05) is 33.4 Å². The molecule has 5 rings (SSSR count). The molecule has 4 aliphatic rings. The van der Waals surface area contributed by atoms with E-state index in [0.29, 0.717) is 31.5 Å². The van der Waals surface area contributed by atoms with E-state index in [0.717, 1.165) is 28.6 Å². The molecule has 9 nitrogen and oxygen atoms in total. The summed E-state index contributed by atoms with van der Waals surface area (Å²) in [6.45, 7) is 2.49. The van der Waals surface area contributed by atoms with Crippen molar-refractivity contribution in [1.29, 1.82) is 0 Å². The van der Waals surface area contributed by atoms with E-state index in [1.807, 2.05) is 29.2 Å². The Morgan fingerprint density at radius 1 is 1.25 bits per heavy atom. The number of halogens is 1. The van der Waals surface area contributed by atoms with Gasteiger partial charge in [0, 0.05) is 35.2 Å². The third-order valence-corrected chi connectivity index (χ3v) is 9.09. The second-order valence-corrected chi connectivity index (χ2v) is 11.4. The van der Waals surface area contributed by atoms with Gasteiger partial charge in [-0.05, 0) is 36.5 Å². The second kappa shape index (κ2) is 11.0. The number of aliphatic carboxylic acids is 1. The third kappa shape index (κ3) is 5.25. The molecule has 2 fully saturated rings. The van der Waals surface area contributed by atoms with Crippen LogP contribution in [0.5, 0.6) is 0 Å². The van der Waals surface area contributed by atoms with Crippen molar-refractivity contribution in [2.45, 2.75) is 42.6 Å². The number of thioether (sulfide) groups is 1. The maximum atomic E-state index is 12.7. The molecule has 192 valence electrons. The van der Waals surface area contributed by atoms with Gasteiger partial charge in [0.2, 0.25) is 0 Å². The fourth-order valence-corrected chi connectivity index (χ4v) is 7.22. The number of carboxylic acids is 1. The van der Waals surface area contributed by atoms with Gasteiger partial charge in [-0.15, -0.1) is 0 Å². The number of hydrogen-bond donors (Lipinski definition) is 1. The fourth-order valence-electron chi connectivity index (χ4n) is 5.49. The zero-order valence-electron chi connectivity index (χ0n) is 20.0. The molecule has 0 spiro atoms. The Morgan fingerprint density at radius 2 is 2.00 bits per heavy atom. The average molecular weight is 578 g/mol. The van der Waals surface area contributed by atoms with Gasteiger partial charge in [-0.2, -0.15) is 0 Å². The molecular formula is C25H29BrN4O5S. The normalized spacial score (nSPS) is 30.1. The lowest BCUT2D eigenvalue weighted by molar-refractivity contribution is -0.141. The Bertz CT molecular complexity index is 1100. The van der Waals surface area contributed by atoms with Crippen LogP contribution in [0.1, 0.15) is 30.9 Å². The highest BCUT2D eigenvalue weighted by atomic mass is 79.9. The van der Waals surface area contributed by atoms with Crippen molar-refractivity contribution in [3.8, 4) is 0 Å². The molecule has 0 radical (unpaired) electrons. The van der Waals surface area contributed by atoms with Crippen molar-refractivity contribution in [2.24, 2.45) is 15.9 Å². The molecule has 2 bridgehead atoms. The summed E-state index contributed by atoms with van der Waals surface area (Å²) in [7, 11) is 1.40. The van der Waals surface area contributed by atoms with E-state index in [1.54, 1.807) is 6.34 Å². The van der Waals surface area contributed by atoms with Crippen LogP contribution in [-0.2, 0) is 19.1 Å². The first-order chi connectivity index (χ1) is 17.4.